The number of amides is 1. The number of aliphatic carboxylic acids is 1. The second kappa shape index (κ2) is 3.44. The van der Waals surface area contributed by atoms with E-state index in [1.165, 1.54) is 4.90 Å². The molecule has 0 bridgehead atoms. The summed E-state index contributed by atoms with van der Waals surface area (Å²) in [6.45, 7) is 0. The standard InChI is InChI=1S/C10H13NO3/c12-9-4-2-1-3-7-5-6-8(10(13)14)11(7)9/h1,3,7-8H,2,4-6H2,(H,13,14)/t7-,8-/m0/s1. The van der Waals surface area contributed by atoms with Crippen LogP contribution in [0.15, 0.2) is 12.2 Å². The summed E-state index contributed by atoms with van der Waals surface area (Å²) < 4.78 is 0. The van der Waals surface area contributed by atoms with E-state index in [2.05, 4.69) is 0 Å². The zero-order valence-electron chi connectivity index (χ0n) is 7.85. The molecule has 0 aromatic heterocycles. The van der Waals surface area contributed by atoms with Crippen molar-refractivity contribution in [3.05, 3.63) is 12.2 Å². The fourth-order valence-electron chi connectivity index (χ4n) is 2.22. The second-order valence-corrected chi connectivity index (χ2v) is 3.77. The van der Waals surface area contributed by atoms with Gasteiger partial charge in [0.15, 0.2) is 0 Å². The van der Waals surface area contributed by atoms with E-state index in [4.69, 9.17) is 5.11 Å². The Hall–Kier alpha value is -1.32. The Labute approximate surface area is 82.2 Å². The van der Waals surface area contributed by atoms with E-state index < -0.39 is 12.0 Å². The van der Waals surface area contributed by atoms with Gasteiger partial charge >= 0.3 is 5.97 Å². The van der Waals surface area contributed by atoms with Gasteiger partial charge in [-0.3, -0.25) is 4.79 Å². The minimum absolute atomic E-state index is 0.0195. The zero-order chi connectivity index (χ0) is 10.1. The summed E-state index contributed by atoms with van der Waals surface area (Å²) in [5.74, 6) is -0.902. The van der Waals surface area contributed by atoms with Gasteiger partial charge in [-0.15, -0.1) is 0 Å². The van der Waals surface area contributed by atoms with E-state index in [-0.39, 0.29) is 11.9 Å². The van der Waals surface area contributed by atoms with Crippen molar-refractivity contribution in [2.75, 3.05) is 0 Å². The average molecular weight is 195 g/mol. The number of rotatable bonds is 1. The van der Waals surface area contributed by atoms with E-state index in [0.717, 1.165) is 12.8 Å². The Morgan fingerprint density at radius 1 is 1.50 bits per heavy atom. The molecule has 0 aromatic carbocycles. The Morgan fingerprint density at radius 2 is 2.29 bits per heavy atom. The molecular formula is C10H13NO3. The lowest BCUT2D eigenvalue weighted by Gasteiger charge is -2.25. The highest BCUT2D eigenvalue weighted by atomic mass is 16.4. The van der Waals surface area contributed by atoms with Crippen LogP contribution in [0.3, 0.4) is 0 Å². The summed E-state index contributed by atoms with van der Waals surface area (Å²) in [4.78, 5) is 24.1. The number of hydrogen-bond donors (Lipinski definition) is 1. The fourth-order valence-corrected chi connectivity index (χ4v) is 2.22. The molecule has 1 saturated heterocycles. The van der Waals surface area contributed by atoms with Crippen LogP contribution in [0.25, 0.3) is 0 Å². The van der Waals surface area contributed by atoms with E-state index in [1.807, 2.05) is 12.2 Å². The predicted molar refractivity (Wildman–Crippen MR) is 49.7 cm³/mol. The molecule has 0 spiro atoms. The van der Waals surface area contributed by atoms with Crippen LogP contribution in [0.1, 0.15) is 25.7 Å². The SMILES string of the molecule is O=C(O)[C@@H]1CC[C@@H]2C=CCCC(=O)N21. The maximum atomic E-state index is 11.6. The van der Waals surface area contributed by atoms with Crippen molar-refractivity contribution in [3.63, 3.8) is 0 Å². The first-order valence-electron chi connectivity index (χ1n) is 4.91. The summed E-state index contributed by atoms with van der Waals surface area (Å²) in [5, 5.41) is 8.94. The van der Waals surface area contributed by atoms with Crippen LogP contribution in [0.2, 0.25) is 0 Å². The molecule has 1 fully saturated rings. The molecule has 2 aliphatic heterocycles. The summed E-state index contributed by atoms with van der Waals surface area (Å²) in [6.07, 6.45) is 6.48. The second-order valence-electron chi connectivity index (χ2n) is 3.77. The smallest absolute Gasteiger partial charge is 0.326 e. The van der Waals surface area contributed by atoms with E-state index in [1.54, 1.807) is 0 Å². The average Bonchev–Trinajstić information content (AvgIpc) is 2.48. The highest BCUT2D eigenvalue weighted by Gasteiger charge is 2.39. The molecule has 0 aliphatic carbocycles. The lowest BCUT2D eigenvalue weighted by atomic mass is 10.2. The van der Waals surface area contributed by atoms with Crippen molar-refractivity contribution in [1.82, 2.24) is 4.90 Å². The third kappa shape index (κ3) is 1.41. The maximum Gasteiger partial charge on any atom is 0.326 e. The molecule has 2 aliphatic rings. The van der Waals surface area contributed by atoms with Gasteiger partial charge in [0.05, 0.1) is 6.04 Å². The van der Waals surface area contributed by atoms with Gasteiger partial charge in [0, 0.05) is 6.42 Å². The van der Waals surface area contributed by atoms with Gasteiger partial charge < -0.3 is 10.0 Å². The van der Waals surface area contributed by atoms with Crippen LogP contribution >= 0.6 is 0 Å². The highest BCUT2D eigenvalue weighted by Crippen LogP contribution is 2.28. The summed E-state index contributed by atoms with van der Waals surface area (Å²) in [5.41, 5.74) is 0. The highest BCUT2D eigenvalue weighted by molar-refractivity contribution is 5.85. The predicted octanol–water partition coefficient (Wildman–Crippen LogP) is 0.781. The molecule has 76 valence electrons. The van der Waals surface area contributed by atoms with Gasteiger partial charge in [0.2, 0.25) is 5.91 Å². The molecular weight excluding hydrogens is 182 g/mol. The van der Waals surface area contributed by atoms with Crippen molar-refractivity contribution < 1.29 is 14.7 Å². The first kappa shape index (κ1) is 9.24. The van der Waals surface area contributed by atoms with Crippen molar-refractivity contribution in [1.29, 1.82) is 0 Å². The normalized spacial score (nSPS) is 31.4. The van der Waals surface area contributed by atoms with Crippen molar-refractivity contribution in [2.24, 2.45) is 0 Å². The summed E-state index contributed by atoms with van der Waals surface area (Å²) in [6, 6.07) is -0.582. The van der Waals surface area contributed by atoms with Crippen LogP contribution in [0.5, 0.6) is 0 Å². The first-order valence-corrected chi connectivity index (χ1v) is 4.91. The maximum absolute atomic E-state index is 11.6. The van der Waals surface area contributed by atoms with Crippen molar-refractivity contribution >= 4 is 11.9 Å². The number of fused-ring (bicyclic) bond motifs is 1. The van der Waals surface area contributed by atoms with Gasteiger partial charge in [0.25, 0.3) is 0 Å². The quantitative estimate of drug-likeness (QED) is 0.629. The van der Waals surface area contributed by atoms with Crippen molar-refractivity contribution in [2.45, 2.75) is 37.8 Å². The first-order chi connectivity index (χ1) is 6.70. The molecule has 4 heteroatoms. The number of carboxylic acids is 1. The van der Waals surface area contributed by atoms with E-state index >= 15 is 0 Å². The molecule has 0 aromatic rings. The van der Waals surface area contributed by atoms with E-state index in [0.29, 0.717) is 12.8 Å². The topological polar surface area (TPSA) is 57.6 Å². The van der Waals surface area contributed by atoms with Gasteiger partial charge in [-0.25, -0.2) is 4.79 Å². The van der Waals surface area contributed by atoms with Gasteiger partial charge in [-0.1, -0.05) is 12.2 Å². The van der Waals surface area contributed by atoms with Crippen LogP contribution in [-0.4, -0.2) is 34.0 Å². The van der Waals surface area contributed by atoms with Crippen LogP contribution in [0.4, 0.5) is 0 Å². The van der Waals surface area contributed by atoms with E-state index in [9.17, 15) is 9.59 Å². The molecule has 2 rings (SSSR count). The number of allylic oxidation sites excluding steroid dienone is 1. The molecule has 2 atom stereocenters. The minimum atomic E-state index is -0.879. The lowest BCUT2D eigenvalue weighted by molar-refractivity contribution is -0.148. The number of carbonyl (C=O) groups is 2. The van der Waals surface area contributed by atoms with Crippen LogP contribution < -0.4 is 0 Å². The summed E-state index contributed by atoms with van der Waals surface area (Å²) >= 11 is 0. The number of nitrogens with zero attached hydrogens (tertiary/aromatic N) is 1. The molecule has 0 unspecified atom stereocenters. The molecule has 4 nitrogen and oxygen atoms in total. The third-order valence-corrected chi connectivity index (χ3v) is 2.89. The molecule has 0 saturated carbocycles. The molecule has 0 radical (unpaired) electrons. The Kier molecular flexibility index (Phi) is 2.27. The Bertz CT molecular complexity index is 298. The number of carbonyl (C=O) groups excluding carboxylic acids is 1. The zero-order valence-corrected chi connectivity index (χ0v) is 7.85. The number of carboxylic acid groups (broad SMARTS) is 1. The summed E-state index contributed by atoms with van der Waals surface area (Å²) in [7, 11) is 0. The third-order valence-electron chi connectivity index (χ3n) is 2.89. The number of hydrogen-bond acceptors (Lipinski definition) is 2. The van der Waals surface area contributed by atoms with Crippen molar-refractivity contribution in [3.8, 4) is 0 Å². The van der Waals surface area contributed by atoms with Gasteiger partial charge in [-0.2, -0.15) is 0 Å². The molecule has 1 amide bonds. The Morgan fingerprint density at radius 3 is 3.00 bits per heavy atom. The lowest BCUT2D eigenvalue weighted by Crippen LogP contribution is -2.43. The van der Waals surface area contributed by atoms with Gasteiger partial charge in [-0.05, 0) is 19.3 Å². The minimum Gasteiger partial charge on any atom is -0.480 e. The van der Waals surface area contributed by atoms with Gasteiger partial charge in [0.1, 0.15) is 6.04 Å². The monoisotopic (exact) mass is 195 g/mol. The molecule has 14 heavy (non-hydrogen) atoms. The molecule has 2 heterocycles. The Balaban J connectivity index is 2.24. The molecule has 1 N–H and O–H groups in total. The van der Waals surface area contributed by atoms with Crippen LogP contribution in [-0.2, 0) is 9.59 Å². The fraction of sp³-hybridized carbons (Fsp3) is 0.600. The van der Waals surface area contributed by atoms with Crippen LogP contribution in [0, 0.1) is 0 Å². The largest absolute Gasteiger partial charge is 0.480 e.